The molecule has 3 nitrogen and oxygen atoms in total. The predicted molar refractivity (Wildman–Crippen MR) is 86.8 cm³/mol. The molecule has 0 unspecified atom stereocenters. The molecule has 1 aromatic rings. The minimum atomic E-state index is -0.463. The zero-order valence-corrected chi connectivity index (χ0v) is 14.1. The van der Waals surface area contributed by atoms with Gasteiger partial charge in [-0.05, 0) is 50.5 Å². The van der Waals surface area contributed by atoms with Gasteiger partial charge in [-0.25, -0.2) is 4.79 Å². The molecule has 1 rings (SSSR count). The summed E-state index contributed by atoms with van der Waals surface area (Å²) in [5, 5.41) is 2.70. The molecular weight excluding hydrogens is 318 g/mol. The summed E-state index contributed by atoms with van der Waals surface area (Å²) in [4.78, 5) is 11.5. The van der Waals surface area contributed by atoms with Crippen LogP contribution in [0.4, 0.5) is 4.79 Å². The first-order valence-corrected chi connectivity index (χ1v) is 7.53. The molecule has 1 amide bonds. The minimum absolute atomic E-state index is 0.395. The van der Waals surface area contributed by atoms with E-state index in [1.54, 1.807) is 0 Å². The van der Waals surface area contributed by atoms with Crippen LogP contribution in [-0.2, 0) is 11.2 Å². The molecule has 0 aliphatic carbocycles. The Morgan fingerprint density at radius 3 is 2.70 bits per heavy atom. The predicted octanol–water partition coefficient (Wildman–Crippen LogP) is 4.55. The Kier molecular flexibility index (Phi) is 6.27. The Morgan fingerprint density at radius 2 is 2.10 bits per heavy atom. The molecule has 0 saturated carbocycles. The lowest BCUT2D eigenvalue weighted by atomic mass is 10.1. The van der Waals surface area contributed by atoms with Crippen LogP contribution in [0.1, 0.15) is 38.8 Å². The van der Waals surface area contributed by atoms with E-state index in [9.17, 15) is 4.79 Å². The summed E-state index contributed by atoms with van der Waals surface area (Å²) in [5.74, 6) is 0. The Hall–Kier alpha value is -1.29. The molecule has 0 aromatic heterocycles. The van der Waals surface area contributed by atoms with E-state index in [4.69, 9.17) is 4.74 Å². The lowest BCUT2D eigenvalue weighted by molar-refractivity contribution is 0.0534. The molecule has 0 saturated heterocycles. The van der Waals surface area contributed by atoms with Gasteiger partial charge in [-0.3, -0.25) is 0 Å². The maximum absolute atomic E-state index is 11.5. The second-order valence-electron chi connectivity index (χ2n) is 5.48. The Balaban J connectivity index is 2.52. The number of carbonyl (C=O) groups is 1. The maximum atomic E-state index is 11.5. The summed E-state index contributed by atoms with van der Waals surface area (Å²) in [6.45, 7) is 8.11. The Bertz CT molecular complexity index is 490. The van der Waals surface area contributed by atoms with Crippen LogP contribution in [0.25, 0.3) is 6.08 Å². The molecule has 0 aliphatic rings. The zero-order valence-electron chi connectivity index (χ0n) is 12.5. The second kappa shape index (κ2) is 7.48. The van der Waals surface area contributed by atoms with Crippen molar-refractivity contribution in [2.24, 2.45) is 0 Å². The second-order valence-corrected chi connectivity index (χ2v) is 6.40. The van der Waals surface area contributed by atoms with Crippen molar-refractivity contribution in [1.82, 2.24) is 5.32 Å². The third-order valence-electron chi connectivity index (χ3n) is 2.55. The van der Waals surface area contributed by atoms with Crippen LogP contribution in [0.5, 0.6) is 0 Å². The number of aryl methyl sites for hydroxylation is 1. The van der Waals surface area contributed by atoms with Crippen molar-refractivity contribution in [2.45, 2.75) is 39.7 Å². The molecule has 4 heteroatoms. The first-order valence-electron chi connectivity index (χ1n) is 6.73. The number of halogens is 1. The fourth-order valence-electron chi connectivity index (χ4n) is 1.69. The molecule has 0 aliphatic heterocycles. The zero-order chi connectivity index (χ0) is 15.2. The first kappa shape index (κ1) is 16.8. The normalized spacial score (nSPS) is 11.7. The van der Waals surface area contributed by atoms with Crippen molar-refractivity contribution in [3.63, 3.8) is 0 Å². The topological polar surface area (TPSA) is 38.3 Å². The average Bonchev–Trinajstić information content (AvgIpc) is 2.33. The molecule has 1 N–H and O–H groups in total. The summed E-state index contributed by atoms with van der Waals surface area (Å²) in [6, 6.07) is 6.19. The van der Waals surface area contributed by atoms with Gasteiger partial charge in [-0.15, -0.1) is 0 Å². The maximum Gasteiger partial charge on any atom is 0.407 e. The molecule has 20 heavy (non-hydrogen) atoms. The van der Waals surface area contributed by atoms with Crippen molar-refractivity contribution in [3.05, 3.63) is 39.9 Å². The van der Waals surface area contributed by atoms with Gasteiger partial charge < -0.3 is 10.1 Å². The van der Waals surface area contributed by atoms with Gasteiger partial charge in [0.2, 0.25) is 0 Å². The van der Waals surface area contributed by atoms with Gasteiger partial charge in [-0.2, -0.15) is 0 Å². The van der Waals surface area contributed by atoms with Gasteiger partial charge in [-0.1, -0.05) is 41.1 Å². The number of benzene rings is 1. The van der Waals surface area contributed by atoms with Crippen molar-refractivity contribution in [1.29, 1.82) is 0 Å². The lowest BCUT2D eigenvalue weighted by Gasteiger charge is -2.19. The van der Waals surface area contributed by atoms with Crippen LogP contribution in [0.3, 0.4) is 0 Å². The lowest BCUT2D eigenvalue weighted by Crippen LogP contribution is -2.32. The molecule has 0 radical (unpaired) electrons. The first-order chi connectivity index (χ1) is 9.31. The van der Waals surface area contributed by atoms with E-state index in [0.29, 0.717) is 6.54 Å². The molecule has 0 heterocycles. The van der Waals surface area contributed by atoms with E-state index in [1.807, 2.05) is 39.0 Å². The van der Waals surface area contributed by atoms with E-state index < -0.39 is 11.7 Å². The van der Waals surface area contributed by atoms with Gasteiger partial charge in [0.25, 0.3) is 0 Å². The number of ether oxygens (including phenoxy) is 1. The fourth-order valence-corrected chi connectivity index (χ4v) is 2.09. The third kappa shape index (κ3) is 6.24. The largest absolute Gasteiger partial charge is 0.444 e. The highest BCUT2D eigenvalue weighted by Gasteiger charge is 2.14. The highest BCUT2D eigenvalue weighted by Crippen LogP contribution is 2.18. The van der Waals surface area contributed by atoms with Gasteiger partial charge in [0.15, 0.2) is 0 Å². The highest BCUT2D eigenvalue weighted by atomic mass is 79.9. The Labute approximate surface area is 129 Å². The number of amides is 1. The van der Waals surface area contributed by atoms with Crippen molar-refractivity contribution >= 4 is 28.1 Å². The number of alkyl carbamates (subject to hydrolysis) is 1. The number of hydrogen-bond donors (Lipinski definition) is 1. The van der Waals surface area contributed by atoms with Crippen molar-refractivity contribution < 1.29 is 9.53 Å². The van der Waals surface area contributed by atoms with E-state index in [1.165, 1.54) is 11.1 Å². The van der Waals surface area contributed by atoms with E-state index in [2.05, 4.69) is 40.3 Å². The van der Waals surface area contributed by atoms with Gasteiger partial charge in [0, 0.05) is 11.0 Å². The summed E-state index contributed by atoms with van der Waals surface area (Å²) >= 11 is 3.47. The monoisotopic (exact) mass is 339 g/mol. The molecule has 0 bridgehead atoms. The van der Waals surface area contributed by atoms with Crippen LogP contribution < -0.4 is 5.32 Å². The summed E-state index contributed by atoms with van der Waals surface area (Å²) in [6.07, 6.45) is 4.52. The average molecular weight is 340 g/mol. The van der Waals surface area contributed by atoms with E-state index in [0.717, 1.165) is 10.9 Å². The molecule has 0 spiro atoms. The summed E-state index contributed by atoms with van der Waals surface area (Å²) in [5.41, 5.74) is 1.98. The quantitative estimate of drug-likeness (QED) is 0.873. The van der Waals surface area contributed by atoms with Crippen molar-refractivity contribution in [3.8, 4) is 0 Å². The molecule has 0 atom stereocenters. The minimum Gasteiger partial charge on any atom is -0.444 e. The van der Waals surface area contributed by atoms with Crippen LogP contribution in [0.15, 0.2) is 28.7 Å². The van der Waals surface area contributed by atoms with Crippen LogP contribution >= 0.6 is 15.9 Å². The number of rotatable bonds is 4. The summed E-state index contributed by atoms with van der Waals surface area (Å²) in [7, 11) is 0. The molecule has 0 fully saturated rings. The van der Waals surface area contributed by atoms with Crippen LogP contribution in [0, 0.1) is 0 Å². The SMILES string of the molecule is CCc1cc(Br)ccc1C=CCNC(=O)OC(C)(C)C. The molecule has 110 valence electrons. The summed E-state index contributed by atoms with van der Waals surface area (Å²) < 4.78 is 6.24. The van der Waals surface area contributed by atoms with E-state index >= 15 is 0 Å². The van der Waals surface area contributed by atoms with Crippen molar-refractivity contribution in [2.75, 3.05) is 6.54 Å². The van der Waals surface area contributed by atoms with Crippen LogP contribution in [0.2, 0.25) is 0 Å². The number of carbonyl (C=O) groups excluding carboxylic acids is 1. The van der Waals surface area contributed by atoms with Gasteiger partial charge >= 0.3 is 6.09 Å². The number of nitrogens with one attached hydrogen (secondary N) is 1. The van der Waals surface area contributed by atoms with E-state index in [-0.39, 0.29) is 0 Å². The number of hydrogen-bond acceptors (Lipinski definition) is 2. The molecule has 1 aromatic carbocycles. The highest BCUT2D eigenvalue weighted by molar-refractivity contribution is 9.10. The van der Waals surface area contributed by atoms with Gasteiger partial charge in [0.05, 0.1) is 0 Å². The third-order valence-corrected chi connectivity index (χ3v) is 3.04. The Morgan fingerprint density at radius 1 is 1.40 bits per heavy atom. The van der Waals surface area contributed by atoms with Gasteiger partial charge in [0.1, 0.15) is 5.60 Å². The fraction of sp³-hybridized carbons (Fsp3) is 0.438. The smallest absolute Gasteiger partial charge is 0.407 e. The molecular formula is C16H22BrNO2. The standard InChI is InChI=1S/C16H22BrNO2/c1-5-12-11-14(17)9-8-13(12)7-6-10-18-15(19)20-16(2,3)4/h6-9,11H,5,10H2,1-4H3,(H,18,19). The van der Waals surface area contributed by atoms with Crippen LogP contribution in [-0.4, -0.2) is 18.2 Å².